The van der Waals surface area contributed by atoms with Crippen molar-refractivity contribution < 1.29 is 29.2 Å². The van der Waals surface area contributed by atoms with Crippen molar-refractivity contribution in [2.24, 2.45) is 0 Å². The lowest BCUT2D eigenvalue weighted by Gasteiger charge is -2.50. The monoisotopic (exact) mass is 482 g/mol. The summed E-state index contributed by atoms with van der Waals surface area (Å²) in [6.07, 6.45) is -0.268. The maximum atomic E-state index is 10.6. The van der Waals surface area contributed by atoms with Crippen molar-refractivity contribution in [2.75, 3.05) is 6.61 Å². The second-order valence-electron chi connectivity index (χ2n) is 8.82. The molecule has 4 rings (SSSR count). The summed E-state index contributed by atoms with van der Waals surface area (Å²) in [6, 6.07) is 16.0. The van der Waals surface area contributed by atoms with Gasteiger partial charge in [0.2, 0.25) is 0 Å². The first kappa shape index (κ1) is 27.3. The minimum atomic E-state index is -1.12. The van der Waals surface area contributed by atoms with Gasteiger partial charge in [-0.15, -0.1) is 19.7 Å². The molecule has 2 aromatic carbocycles. The normalized spacial score (nSPS) is 28.8. The van der Waals surface area contributed by atoms with Gasteiger partial charge in [-0.25, -0.2) is 0 Å². The third-order valence-electron chi connectivity index (χ3n) is 6.26. The highest BCUT2D eigenvalue weighted by molar-refractivity contribution is 5.25. The van der Waals surface area contributed by atoms with Crippen LogP contribution in [0, 0.1) is 6.92 Å². The number of fused-ring (bicyclic) bond motifs is 1. The van der Waals surface area contributed by atoms with Gasteiger partial charge in [0.15, 0.2) is 12.6 Å². The van der Waals surface area contributed by atoms with Crippen LogP contribution in [-0.2, 0) is 25.4 Å². The lowest BCUT2D eigenvalue weighted by molar-refractivity contribution is -0.390. The summed E-state index contributed by atoms with van der Waals surface area (Å²) >= 11 is 0. The minimum Gasteiger partial charge on any atom is -0.394 e. The highest BCUT2D eigenvalue weighted by atomic mass is 16.8. The molecule has 7 atom stereocenters. The predicted molar refractivity (Wildman–Crippen MR) is 136 cm³/mol. The SMILES string of the molecule is C=C.C=CCC1OC(c2ccc(C)cc2)OC2C(C(O)CO)OC(c3ccc(CCC)cc3)OC12. The van der Waals surface area contributed by atoms with E-state index in [2.05, 4.69) is 38.8 Å². The van der Waals surface area contributed by atoms with Crippen LogP contribution in [-0.4, -0.2) is 47.3 Å². The first-order valence-electron chi connectivity index (χ1n) is 12.2. The fraction of sp³-hybridized carbons (Fsp3) is 0.448. The maximum Gasteiger partial charge on any atom is 0.184 e. The molecule has 0 spiro atoms. The summed E-state index contributed by atoms with van der Waals surface area (Å²) in [5.41, 5.74) is 4.11. The molecule has 2 fully saturated rings. The lowest BCUT2D eigenvalue weighted by Crippen LogP contribution is -2.61. The molecule has 7 unspecified atom stereocenters. The Morgan fingerprint density at radius 3 is 2.03 bits per heavy atom. The maximum absolute atomic E-state index is 10.6. The summed E-state index contributed by atoms with van der Waals surface area (Å²) in [5, 5.41) is 20.4. The minimum absolute atomic E-state index is 0.341. The quantitative estimate of drug-likeness (QED) is 0.519. The third kappa shape index (κ3) is 6.47. The molecule has 6 heteroatoms. The van der Waals surface area contributed by atoms with Crippen LogP contribution in [0.25, 0.3) is 0 Å². The summed E-state index contributed by atoms with van der Waals surface area (Å²) in [5.74, 6) is 0. The second-order valence-corrected chi connectivity index (χ2v) is 8.82. The summed E-state index contributed by atoms with van der Waals surface area (Å²) in [6.45, 7) is 13.6. The van der Waals surface area contributed by atoms with Gasteiger partial charge in [0, 0.05) is 11.1 Å². The van der Waals surface area contributed by atoms with Crippen molar-refractivity contribution in [2.45, 2.75) is 76.2 Å². The number of aliphatic hydroxyl groups excluding tert-OH is 2. The Labute approximate surface area is 208 Å². The first-order chi connectivity index (χ1) is 17.0. The summed E-state index contributed by atoms with van der Waals surface area (Å²) in [7, 11) is 0. The summed E-state index contributed by atoms with van der Waals surface area (Å²) < 4.78 is 25.1. The zero-order valence-electron chi connectivity index (χ0n) is 20.7. The fourth-order valence-electron chi connectivity index (χ4n) is 4.46. The molecule has 6 nitrogen and oxygen atoms in total. The van der Waals surface area contributed by atoms with Crippen LogP contribution in [0.1, 0.15) is 54.6 Å². The Balaban J connectivity index is 0.00000167. The molecule has 0 radical (unpaired) electrons. The van der Waals surface area contributed by atoms with E-state index in [-0.39, 0.29) is 6.10 Å². The molecule has 190 valence electrons. The highest BCUT2D eigenvalue weighted by Crippen LogP contribution is 2.42. The third-order valence-corrected chi connectivity index (χ3v) is 6.26. The molecule has 0 aliphatic carbocycles. The molecule has 0 saturated carbocycles. The first-order valence-corrected chi connectivity index (χ1v) is 12.2. The molecule has 2 aliphatic rings. The second kappa shape index (κ2) is 13.1. The van der Waals surface area contributed by atoms with Crippen molar-refractivity contribution in [1.29, 1.82) is 0 Å². The molecule has 2 N–H and O–H groups in total. The van der Waals surface area contributed by atoms with Gasteiger partial charge in [0.1, 0.15) is 24.4 Å². The van der Waals surface area contributed by atoms with Crippen LogP contribution in [0.4, 0.5) is 0 Å². The van der Waals surface area contributed by atoms with E-state index in [1.165, 1.54) is 5.56 Å². The van der Waals surface area contributed by atoms with Gasteiger partial charge in [-0.3, -0.25) is 0 Å². The van der Waals surface area contributed by atoms with Crippen molar-refractivity contribution >= 4 is 0 Å². The van der Waals surface area contributed by atoms with E-state index in [0.29, 0.717) is 6.42 Å². The van der Waals surface area contributed by atoms with Gasteiger partial charge >= 0.3 is 0 Å². The molecule has 0 aromatic heterocycles. The van der Waals surface area contributed by atoms with Crippen LogP contribution < -0.4 is 0 Å². The zero-order valence-corrected chi connectivity index (χ0v) is 20.7. The van der Waals surface area contributed by atoms with Crippen LogP contribution in [0.3, 0.4) is 0 Å². The molecule has 2 heterocycles. The van der Waals surface area contributed by atoms with E-state index in [0.717, 1.165) is 29.5 Å². The van der Waals surface area contributed by atoms with Crippen molar-refractivity contribution in [1.82, 2.24) is 0 Å². The van der Waals surface area contributed by atoms with E-state index < -0.39 is 43.6 Å². The molecule has 2 aliphatic heterocycles. The molecular formula is C29H38O6. The van der Waals surface area contributed by atoms with Crippen LogP contribution in [0.2, 0.25) is 0 Å². The van der Waals surface area contributed by atoms with E-state index in [1.807, 2.05) is 43.3 Å². The average molecular weight is 483 g/mol. The number of hydrogen-bond donors (Lipinski definition) is 2. The van der Waals surface area contributed by atoms with E-state index in [9.17, 15) is 10.2 Å². The van der Waals surface area contributed by atoms with Crippen LogP contribution >= 0.6 is 0 Å². The van der Waals surface area contributed by atoms with E-state index in [4.69, 9.17) is 18.9 Å². The van der Waals surface area contributed by atoms with Gasteiger partial charge < -0.3 is 29.2 Å². The van der Waals surface area contributed by atoms with Crippen LogP contribution in [0.15, 0.2) is 74.3 Å². The standard InChI is InChI=1S/C27H34O6.C2H4/c1-4-6-18-10-14-20(15-11-18)27-31-23(21(29)16-28)25-24(32-27)22(7-5-2)30-26(33-25)19-12-8-17(3)9-13-19;1-2/h5,8-15,21-29H,2,4,6-7,16H2,1,3H3;1-2H2. The fourth-order valence-corrected chi connectivity index (χ4v) is 4.46. The number of aryl methyl sites for hydroxylation is 2. The van der Waals surface area contributed by atoms with Crippen molar-refractivity contribution in [3.63, 3.8) is 0 Å². The molecule has 2 saturated heterocycles. The van der Waals surface area contributed by atoms with Gasteiger partial charge in [0.05, 0.1) is 12.7 Å². The Bertz CT molecular complexity index is 912. The average Bonchev–Trinajstić information content (AvgIpc) is 2.90. The lowest BCUT2D eigenvalue weighted by atomic mass is 9.93. The Kier molecular flexibility index (Phi) is 10.2. The number of hydrogen-bond acceptors (Lipinski definition) is 6. The number of ether oxygens (including phenoxy) is 4. The summed E-state index contributed by atoms with van der Waals surface area (Å²) in [4.78, 5) is 0. The van der Waals surface area contributed by atoms with E-state index >= 15 is 0 Å². The molecule has 35 heavy (non-hydrogen) atoms. The van der Waals surface area contributed by atoms with Gasteiger partial charge in [0.25, 0.3) is 0 Å². The molecule has 0 amide bonds. The van der Waals surface area contributed by atoms with Gasteiger partial charge in [-0.2, -0.15) is 0 Å². The number of aliphatic hydroxyl groups is 2. The largest absolute Gasteiger partial charge is 0.394 e. The van der Waals surface area contributed by atoms with Crippen molar-refractivity contribution in [3.05, 3.63) is 96.6 Å². The predicted octanol–water partition coefficient (Wildman–Crippen LogP) is 4.94. The van der Waals surface area contributed by atoms with E-state index in [1.54, 1.807) is 6.08 Å². The molecule has 2 aromatic rings. The van der Waals surface area contributed by atoms with Crippen LogP contribution in [0.5, 0.6) is 0 Å². The number of rotatable bonds is 8. The smallest absolute Gasteiger partial charge is 0.184 e. The highest BCUT2D eigenvalue weighted by Gasteiger charge is 2.51. The van der Waals surface area contributed by atoms with Crippen molar-refractivity contribution in [3.8, 4) is 0 Å². The zero-order chi connectivity index (χ0) is 25.4. The number of benzene rings is 2. The molecular weight excluding hydrogens is 444 g/mol. The molecule has 0 bridgehead atoms. The van der Waals surface area contributed by atoms with Gasteiger partial charge in [-0.1, -0.05) is 73.5 Å². The van der Waals surface area contributed by atoms with Gasteiger partial charge in [-0.05, 0) is 25.3 Å². The Morgan fingerprint density at radius 2 is 1.46 bits per heavy atom. The Hall–Kier alpha value is -2.32. The Morgan fingerprint density at radius 1 is 0.886 bits per heavy atom. The topological polar surface area (TPSA) is 77.4 Å².